The highest BCUT2D eigenvalue weighted by molar-refractivity contribution is 5.70. The van der Waals surface area contributed by atoms with E-state index in [2.05, 4.69) is 4.98 Å². The smallest absolute Gasteiger partial charge is 0.306 e. The Bertz CT molecular complexity index is 392. The molecule has 0 bridgehead atoms. The van der Waals surface area contributed by atoms with Crippen molar-refractivity contribution < 1.29 is 9.90 Å². The molecule has 0 aromatic carbocycles. The van der Waals surface area contributed by atoms with E-state index in [0.717, 1.165) is 31.2 Å². The number of aromatic nitrogens is 1. The summed E-state index contributed by atoms with van der Waals surface area (Å²) < 4.78 is 0. The van der Waals surface area contributed by atoms with E-state index in [4.69, 9.17) is 10.8 Å². The molecule has 3 N–H and O–H groups in total. The van der Waals surface area contributed by atoms with Crippen LogP contribution in [0.1, 0.15) is 24.8 Å². The second kappa shape index (κ2) is 4.51. The lowest BCUT2D eigenvalue weighted by Crippen LogP contribution is -2.20. The summed E-state index contributed by atoms with van der Waals surface area (Å²) in [5, 5.41) is 9.08. The van der Waals surface area contributed by atoms with E-state index in [1.54, 1.807) is 6.20 Å². The first-order valence-corrected chi connectivity index (χ1v) is 5.60. The maximum absolute atomic E-state index is 11.0. The average molecular weight is 220 g/mol. The van der Waals surface area contributed by atoms with Gasteiger partial charge in [-0.2, -0.15) is 0 Å². The van der Waals surface area contributed by atoms with Crippen LogP contribution in [0.15, 0.2) is 18.3 Å². The van der Waals surface area contributed by atoms with E-state index in [-0.39, 0.29) is 11.8 Å². The summed E-state index contributed by atoms with van der Waals surface area (Å²) in [6.07, 6.45) is 5.16. The van der Waals surface area contributed by atoms with E-state index in [1.807, 2.05) is 12.1 Å². The predicted molar refractivity (Wildman–Crippen MR) is 60.8 cm³/mol. The summed E-state index contributed by atoms with van der Waals surface area (Å²) >= 11 is 0. The van der Waals surface area contributed by atoms with Crippen molar-refractivity contribution in [2.24, 2.45) is 11.8 Å². The molecule has 1 aliphatic rings. The Morgan fingerprint density at radius 2 is 2.38 bits per heavy atom. The first kappa shape index (κ1) is 10.9. The Morgan fingerprint density at radius 3 is 3.06 bits per heavy atom. The number of anilines is 1. The highest BCUT2D eigenvalue weighted by Crippen LogP contribution is 2.34. The Morgan fingerprint density at radius 1 is 1.56 bits per heavy atom. The third-order valence-electron chi connectivity index (χ3n) is 3.38. The third kappa shape index (κ3) is 2.15. The molecule has 1 fully saturated rings. The SMILES string of the molecule is Nc1ncccc1CC1CCCC1C(=O)O. The van der Waals surface area contributed by atoms with Crippen LogP contribution in [0.3, 0.4) is 0 Å². The van der Waals surface area contributed by atoms with E-state index >= 15 is 0 Å². The summed E-state index contributed by atoms with van der Waals surface area (Å²) in [5.41, 5.74) is 6.73. The Hall–Kier alpha value is -1.58. The summed E-state index contributed by atoms with van der Waals surface area (Å²) in [5.74, 6) is -0.146. The second-order valence-electron chi connectivity index (χ2n) is 4.39. The summed E-state index contributed by atoms with van der Waals surface area (Å²) in [6.45, 7) is 0. The van der Waals surface area contributed by atoms with E-state index in [1.165, 1.54) is 0 Å². The van der Waals surface area contributed by atoms with E-state index < -0.39 is 5.97 Å². The molecule has 0 amide bonds. The molecule has 16 heavy (non-hydrogen) atoms. The molecule has 0 aliphatic heterocycles. The lowest BCUT2D eigenvalue weighted by molar-refractivity contribution is -0.142. The third-order valence-corrected chi connectivity index (χ3v) is 3.38. The van der Waals surface area contributed by atoms with Gasteiger partial charge in [0.05, 0.1) is 5.92 Å². The van der Waals surface area contributed by atoms with Crippen LogP contribution < -0.4 is 5.73 Å². The molecule has 1 aliphatic carbocycles. The molecule has 1 aromatic rings. The van der Waals surface area contributed by atoms with Gasteiger partial charge in [-0.05, 0) is 36.8 Å². The van der Waals surface area contributed by atoms with Gasteiger partial charge in [0.1, 0.15) is 5.82 Å². The van der Waals surface area contributed by atoms with Gasteiger partial charge in [0.15, 0.2) is 0 Å². The van der Waals surface area contributed by atoms with Gasteiger partial charge in [-0.3, -0.25) is 4.79 Å². The molecule has 1 aromatic heterocycles. The van der Waals surface area contributed by atoms with Crippen LogP contribution in [-0.4, -0.2) is 16.1 Å². The number of carboxylic acids is 1. The average Bonchev–Trinajstić information content (AvgIpc) is 2.69. The number of carboxylic acid groups (broad SMARTS) is 1. The van der Waals surface area contributed by atoms with Crippen LogP contribution in [0.25, 0.3) is 0 Å². The number of hydrogen-bond acceptors (Lipinski definition) is 3. The van der Waals surface area contributed by atoms with Gasteiger partial charge in [-0.15, -0.1) is 0 Å². The summed E-state index contributed by atoms with van der Waals surface area (Å²) in [6, 6.07) is 3.77. The van der Waals surface area contributed by atoms with E-state index in [0.29, 0.717) is 5.82 Å². The lowest BCUT2D eigenvalue weighted by atomic mass is 9.90. The largest absolute Gasteiger partial charge is 0.481 e. The maximum Gasteiger partial charge on any atom is 0.306 e. The zero-order valence-electron chi connectivity index (χ0n) is 9.10. The quantitative estimate of drug-likeness (QED) is 0.813. The zero-order chi connectivity index (χ0) is 11.5. The minimum absolute atomic E-state index is 0.209. The molecule has 2 atom stereocenters. The number of nitrogens with zero attached hydrogens (tertiary/aromatic N) is 1. The molecule has 4 nitrogen and oxygen atoms in total. The van der Waals surface area contributed by atoms with Crippen LogP contribution in [0.5, 0.6) is 0 Å². The first-order chi connectivity index (χ1) is 7.68. The zero-order valence-corrected chi connectivity index (χ0v) is 9.10. The first-order valence-electron chi connectivity index (χ1n) is 5.60. The number of nitrogen functional groups attached to an aromatic ring is 1. The van der Waals surface area contributed by atoms with Gasteiger partial charge in [0.25, 0.3) is 0 Å². The van der Waals surface area contributed by atoms with Crippen molar-refractivity contribution in [3.8, 4) is 0 Å². The van der Waals surface area contributed by atoms with Crippen LogP contribution in [0, 0.1) is 11.8 Å². The topological polar surface area (TPSA) is 76.2 Å². The van der Waals surface area contributed by atoms with Crippen molar-refractivity contribution in [3.63, 3.8) is 0 Å². The molecule has 1 saturated carbocycles. The van der Waals surface area contributed by atoms with Crippen molar-refractivity contribution in [2.75, 3.05) is 5.73 Å². The van der Waals surface area contributed by atoms with Crippen LogP contribution >= 0.6 is 0 Å². The van der Waals surface area contributed by atoms with Crippen molar-refractivity contribution in [3.05, 3.63) is 23.9 Å². The highest BCUT2D eigenvalue weighted by Gasteiger charge is 2.33. The molecule has 0 spiro atoms. The van der Waals surface area contributed by atoms with Gasteiger partial charge < -0.3 is 10.8 Å². The Balaban J connectivity index is 2.10. The number of carbonyl (C=O) groups is 1. The standard InChI is InChI=1S/C12H16N2O2/c13-11-9(4-2-6-14-11)7-8-3-1-5-10(8)12(15)16/h2,4,6,8,10H,1,3,5,7H2,(H2,13,14)(H,15,16). The number of pyridine rings is 1. The summed E-state index contributed by atoms with van der Waals surface area (Å²) in [7, 11) is 0. The molecule has 2 unspecified atom stereocenters. The monoisotopic (exact) mass is 220 g/mol. The molecule has 1 heterocycles. The minimum atomic E-state index is -0.676. The maximum atomic E-state index is 11.0. The van der Waals surface area contributed by atoms with Gasteiger partial charge in [0, 0.05) is 6.20 Å². The number of hydrogen-bond donors (Lipinski definition) is 2. The molecule has 0 radical (unpaired) electrons. The molecular formula is C12H16N2O2. The van der Waals surface area contributed by atoms with Gasteiger partial charge >= 0.3 is 5.97 Å². The van der Waals surface area contributed by atoms with Crippen molar-refractivity contribution in [2.45, 2.75) is 25.7 Å². The van der Waals surface area contributed by atoms with Crippen molar-refractivity contribution in [1.82, 2.24) is 4.98 Å². The number of aliphatic carboxylic acids is 1. The fourth-order valence-electron chi connectivity index (χ4n) is 2.51. The Labute approximate surface area is 94.5 Å². The van der Waals surface area contributed by atoms with Gasteiger partial charge in [0.2, 0.25) is 0 Å². The molecule has 2 rings (SSSR count). The van der Waals surface area contributed by atoms with Gasteiger partial charge in [-0.25, -0.2) is 4.98 Å². The Kier molecular flexibility index (Phi) is 3.08. The fourth-order valence-corrected chi connectivity index (χ4v) is 2.51. The molecular weight excluding hydrogens is 204 g/mol. The predicted octanol–water partition coefficient (Wildman–Crippen LogP) is 1.71. The highest BCUT2D eigenvalue weighted by atomic mass is 16.4. The van der Waals surface area contributed by atoms with Crippen LogP contribution in [0.2, 0.25) is 0 Å². The molecule has 4 heteroatoms. The summed E-state index contributed by atoms with van der Waals surface area (Å²) in [4.78, 5) is 15.1. The molecule has 0 saturated heterocycles. The second-order valence-corrected chi connectivity index (χ2v) is 4.39. The fraction of sp³-hybridized carbons (Fsp3) is 0.500. The van der Waals surface area contributed by atoms with E-state index in [9.17, 15) is 4.79 Å². The van der Waals surface area contributed by atoms with Gasteiger partial charge in [-0.1, -0.05) is 12.5 Å². The minimum Gasteiger partial charge on any atom is -0.481 e. The van der Waals surface area contributed by atoms with Crippen molar-refractivity contribution >= 4 is 11.8 Å². The van der Waals surface area contributed by atoms with Crippen LogP contribution in [0.4, 0.5) is 5.82 Å². The normalized spacial score (nSPS) is 24.5. The number of nitrogens with two attached hydrogens (primary N) is 1. The number of rotatable bonds is 3. The lowest BCUT2D eigenvalue weighted by Gasteiger charge is -2.16. The van der Waals surface area contributed by atoms with Crippen molar-refractivity contribution in [1.29, 1.82) is 0 Å². The molecule has 86 valence electrons. The van der Waals surface area contributed by atoms with Crippen LogP contribution in [-0.2, 0) is 11.2 Å².